The summed E-state index contributed by atoms with van der Waals surface area (Å²) in [6, 6.07) is 9.57. The average molecular weight is 369 g/mol. The maximum absolute atomic E-state index is 12.3. The van der Waals surface area contributed by atoms with Gasteiger partial charge in [0.25, 0.3) is 5.91 Å². The van der Waals surface area contributed by atoms with Gasteiger partial charge in [0, 0.05) is 37.1 Å². The first-order valence-electron chi connectivity index (χ1n) is 10.1. The molecule has 1 aliphatic heterocycles. The van der Waals surface area contributed by atoms with Gasteiger partial charge < -0.3 is 10.2 Å². The standard InChI is InChI=1S/C22H32N4O/c1-17-14-18(2)16-25(15-17)13-5-4-11-23-22(27)20-6-8-21(9-7-20)26-19(3)10-12-24-26/h6-10,12,17-18H,4-5,11,13-16H2,1-3H3,(H,23,27)/t17-,18-/m0/s1. The molecule has 1 aliphatic rings. The third-order valence-electron chi connectivity index (χ3n) is 5.34. The molecule has 3 rings (SSSR count). The number of amides is 1. The Morgan fingerprint density at radius 1 is 1.11 bits per heavy atom. The molecule has 27 heavy (non-hydrogen) atoms. The lowest BCUT2D eigenvalue weighted by Gasteiger charge is -2.34. The second kappa shape index (κ2) is 9.18. The van der Waals surface area contributed by atoms with Crippen LogP contribution in [0.5, 0.6) is 0 Å². The zero-order valence-electron chi connectivity index (χ0n) is 16.8. The van der Waals surface area contributed by atoms with E-state index in [-0.39, 0.29) is 5.91 Å². The van der Waals surface area contributed by atoms with Gasteiger partial charge in [0.15, 0.2) is 0 Å². The maximum Gasteiger partial charge on any atom is 0.251 e. The molecule has 146 valence electrons. The Balaban J connectivity index is 1.39. The lowest BCUT2D eigenvalue weighted by molar-refractivity contribution is 0.0951. The van der Waals surface area contributed by atoms with E-state index in [1.54, 1.807) is 6.20 Å². The predicted octanol–water partition coefficient (Wildman–Crippen LogP) is 3.67. The third-order valence-corrected chi connectivity index (χ3v) is 5.34. The minimum absolute atomic E-state index is 0.000968. The van der Waals surface area contributed by atoms with Crippen LogP contribution in [0, 0.1) is 18.8 Å². The van der Waals surface area contributed by atoms with Crippen LogP contribution >= 0.6 is 0 Å². The summed E-state index contributed by atoms with van der Waals surface area (Å²) in [5.41, 5.74) is 2.74. The summed E-state index contributed by atoms with van der Waals surface area (Å²) in [5.74, 6) is 1.61. The molecule has 0 bridgehead atoms. The fourth-order valence-corrected chi connectivity index (χ4v) is 4.13. The molecule has 5 nitrogen and oxygen atoms in total. The summed E-state index contributed by atoms with van der Waals surface area (Å²) in [6.45, 7) is 11.0. The van der Waals surface area contributed by atoms with E-state index in [1.165, 1.54) is 19.5 Å². The summed E-state index contributed by atoms with van der Waals surface area (Å²) in [5, 5.41) is 7.33. The molecule has 1 aromatic heterocycles. The van der Waals surface area contributed by atoms with E-state index in [0.29, 0.717) is 5.56 Å². The van der Waals surface area contributed by atoms with E-state index in [1.807, 2.05) is 41.9 Å². The smallest absolute Gasteiger partial charge is 0.251 e. The van der Waals surface area contributed by atoms with Gasteiger partial charge in [0.2, 0.25) is 0 Å². The van der Waals surface area contributed by atoms with Crippen molar-refractivity contribution in [1.29, 1.82) is 0 Å². The molecule has 2 heterocycles. The van der Waals surface area contributed by atoms with Gasteiger partial charge in [-0.1, -0.05) is 13.8 Å². The van der Waals surface area contributed by atoms with E-state index in [2.05, 4.69) is 29.2 Å². The lowest BCUT2D eigenvalue weighted by atomic mass is 9.92. The fourth-order valence-electron chi connectivity index (χ4n) is 4.13. The number of aromatic nitrogens is 2. The fraction of sp³-hybridized carbons (Fsp3) is 0.545. The normalized spacial score (nSPS) is 20.6. The van der Waals surface area contributed by atoms with Crippen LogP contribution in [0.1, 0.15) is 49.2 Å². The van der Waals surface area contributed by atoms with E-state index >= 15 is 0 Å². The number of likely N-dealkylation sites (tertiary alicyclic amines) is 1. The molecule has 5 heteroatoms. The van der Waals surface area contributed by atoms with Crippen molar-refractivity contribution in [1.82, 2.24) is 20.0 Å². The van der Waals surface area contributed by atoms with Crippen molar-refractivity contribution < 1.29 is 4.79 Å². The predicted molar refractivity (Wildman–Crippen MR) is 109 cm³/mol. The molecule has 1 amide bonds. The third kappa shape index (κ3) is 5.42. The highest BCUT2D eigenvalue weighted by Crippen LogP contribution is 2.21. The molecule has 1 N–H and O–H groups in total. The molecule has 0 saturated carbocycles. The Morgan fingerprint density at radius 2 is 1.81 bits per heavy atom. The van der Waals surface area contributed by atoms with Crippen LogP contribution in [0.4, 0.5) is 0 Å². The van der Waals surface area contributed by atoms with Crippen molar-refractivity contribution >= 4 is 5.91 Å². The molecule has 0 spiro atoms. The molecule has 0 unspecified atom stereocenters. The number of aryl methyl sites for hydroxylation is 1. The van der Waals surface area contributed by atoms with Crippen LogP contribution in [-0.2, 0) is 0 Å². The molecule has 1 aromatic carbocycles. The van der Waals surface area contributed by atoms with Crippen molar-refractivity contribution in [2.45, 2.75) is 40.0 Å². The van der Waals surface area contributed by atoms with Gasteiger partial charge in [-0.25, -0.2) is 4.68 Å². The number of nitrogens with one attached hydrogen (secondary N) is 1. The number of rotatable bonds is 7. The summed E-state index contributed by atoms with van der Waals surface area (Å²) >= 11 is 0. The van der Waals surface area contributed by atoms with Gasteiger partial charge in [0.05, 0.1) is 5.69 Å². The number of unbranched alkanes of at least 4 members (excludes halogenated alkanes) is 1. The van der Waals surface area contributed by atoms with Gasteiger partial charge in [0.1, 0.15) is 0 Å². The summed E-state index contributed by atoms with van der Waals surface area (Å²) in [6.07, 6.45) is 5.29. The summed E-state index contributed by atoms with van der Waals surface area (Å²) in [7, 11) is 0. The Bertz CT molecular complexity index is 727. The highest BCUT2D eigenvalue weighted by atomic mass is 16.1. The first-order valence-corrected chi connectivity index (χ1v) is 10.1. The molecule has 0 radical (unpaired) electrons. The highest BCUT2D eigenvalue weighted by Gasteiger charge is 2.20. The largest absolute Gasteiger partial charge is 0.352 e. The van der Waals surface area contributed by atoms with Crippen molar-refractivity contribution in [3.63, 3.8) is 0 Å². The van der Waals surface area contributed by atoms with Crippen molar-refractivity contribution in [3.05, 3.63) is 47.8 Å². The molecular weight excluding hydrogens is 336 g/mol. The van der Waals surface area contributed by atoms with Crippen molar-refractivity contribution in [3.8, 4) is 5.69 Å². The Kier molecular flexibility index (Phi) is 6.67. The topological polar surface area (TPSA) is 50.2 Å². The number of benzene rings is 1. The van der Waals surface area contributed by atoms with Crippen LogP contribution in [0.3, 0.4) is 0 Å². The van der Waals surface area contributed by atoms with Crippen LogP contribution in [0.2, 0.25) is 0 Å². The van der Waals surface area contributed by atoms with E-state index in [9.17, 15) is 4.79 Å². The van der Waals surface area contributed by atoms with Gasteiger partial charge in [-0.3, -0.25) is 4.79 Å². The Labute approximate surface area is 162 Å². The van der Waals surface area contributed by atoms with E-state index < -0.39 is 0 Å². The average Bonchev–Trinajstić information content (AvgIpc) is 3.06. The van der Waals surface area contributed by atoms with Crippen LogP contribution in [0.25, 0.3) is 5.69 Å². The number of hydrogen-bond acceptors (Lipinski definition) is 3. The Morgan fingerprint density at radius 3 is 2.44 bits per heavy atom. The number of carbonyl (C=O) groups excluding carboxylic acids is 1. The zero-order valence-corrected chi connectivity index (χ0v) is 16.8. The monoisotopic (exact) mass is 368 g/mol. The Hall–Kier alpha value is -2.14. The van der Waals surface area contributed by atoms with Crippen molar-refractivity contribution in [2.75, 3.05) is 26.2 Å². The second-order valence-corrected chi connectivity index (χ2v) is 8.10. The molecule has 2 aromatic rings. The van der Waals surface area contributed by atoms with Crippen molar-refractivity contribution in [2.24, 2.45) is 11.8 Å². The van der Waals surface area contributed by atoms with E-state index in [4.69, 9.17) is 0 Å². The van der Waals surface area contributed by atoms with Gasteiger partial charge in [-0.15, -0.1) is 0 Å². The van der Waals surface area contributed by atoms with Gasteiger partial charge >= 0.3 is 0 Å². The molecule has 2 atom stereocenters. The second-order valence-electron chi connectivity index (χ2n) is 8.10. The zero-order chi connectivity index (χ0) is 19.2. The van der Waals surface area contributed by atoms with Crippen LogP contribution in [-0.4, -0.2) is 46.8 Å². The first kappa shape index (κ1) is 19.6. The molecule has 0 aliphatic carbocycles. The maximum atomic E-state index is 12.3. The molecular formula is C22H32N4O. The van der Waals surface area contributed by atoms with Gasteiger partial charge in [-0.2, -0.15) is 5.10 Å². The minimum atomic E-state index is -0.000968. The number of carbonyl (C=O) groups is 1. The number of nitrogens with zero attached hydrogens (tertiary/aromatic N) is 3. The molecule has 1 fully saturated rings. The van der Waals surface area contributed by atoms with Crippen LogP contribution < -0.4 is 5.32 Å². The number of hydrogen-bond donors (Lipinski definition) is 1. The quantitative estimate of drug-likeness (QED) is 0.759. The number of piperidine rings is 1. The lowest BCUT2D eigenvalue weighted by Crippen LogP contribution is -2.39. The van der Waals surface area contributed by atoms with E-state index in [0.717, 1.165) is 49.1 Å². The van der Waals surface area contributed by atoms with Crippen LogP contribution in [0.15, 0.2) is 36.5 Å². The SMILES string of the molecule is Cc1ccnn1-c1ccc(C(=O)NCCCCN2C[C@@H](C)C[C@H](C)C2)cc1. The first-order chi connectivity index (χ1) is 13.0. The summed E-state index contributed by atoms with van der Waals surface area (Å²) in [4.78, 5) is 14.9. The highest BCUT2D eigenvalue weighted by molar-refractivity contribution is 5.94. The van der Waals surface area contributed by atoms with Gasteiger partial charge in [-0.05, 0) is 74.9 Å². The summed E-state index contributed by atoms with van der Waals surface area (Å²) < 4.78 is 1.87. The minimum Gasteiger partial charge on any atom is -0.352 e. The molecule has 1 saturated heterocycles.